The Labute approximate surface area is 169 Å². The van der Waals surface area contributed by atoms with Crippen LogP contribution in [0.1, 0.15) is 55.9 Å². The highest BCUT2D eigenvalue weighted by atomic mass is 32.1. The molecule has 2 aromatic rings. The highest BCUT2D eigenvalue weighted by Crippen LogP contribution is 2.61. The Morgan fingerprint density at radius 3 is 2.46 bits per heavy atom. The summed E-state index contributed by atoms with van der Waals surface area (Å²) in [6.07, 6.45) is 9.53. The van der Waals surface area contributed by atoms with E-state index in [-0.39, 0.29) is 29.5 Å². The van der Waals surface area contributed by atoms with Gasteiger partial charge in [-0.1, -0.05) is 0 Å². The van der Waals surface area contributed by atoms with E-state index in [4.69, 9.17) is 0 Å². The first kappa shape index (κ1) is 18.3. The molecule has 6 rings (SSSR count). The van der Waals surface area contributed by atoms with E-state index < -0.39 is 0 Å². The fraction of sp³-hybridized carbons (Fsp3) is 0.682. The lowest BCUT2D eigenvalue weighted by Gasteiger charge is -2.59. The molecule has 2 heterocycles. The zero-order valence-corrected chi connectivity index (χ0v) is 17.8. The Hall–Kier alpha value is -1.69. The number of amides is 1. The molecule has 0 aromatic carbocycles. The zero-order chi connectivity index (χ0) is 19.6. The summed E-state index contributed by atoms with van der Waals surface area (Å²) in [6, 6.07) is 0.172. The summed E-state index contributed by atoms with van der Waals surface area (Å²) in [6.45, 7) is 6.19. The molecule has 4 fully saturated rings. The molecule has 6 heteroatoms. The maximum absolute atomic E-state index is 12.9. The summed E-state index contributed by atoms with van der Waals surface area (Å²) in [4.78, 5) is 31.9. The summed E-state index contributed by atoms with van der Waals surface area (Å²) >= 11 is 1.54. The molecule has 0 unspecified atom stereocenters. The van der Waals surface area contributed by atoms with Crippen LogP contribution >= 0.6 is 11.3 Å². The molecule has 0 saturated heterocycles. The van der Waals surface area contributed by atoms with Gasteiger partial charge in [0.05, 0.1) is 11.7 Å². The Bertz CT molecular complexity index is 970. The van der Waals surface area contributed by atoms with Crippen LogP contribution in [0.4, 0.5) is 0 Å². The maximum Gasteiger partial charge on any atom is 0.262 e. The zero-order valence-electron chi connectivity index (χ0n) is 17.0. The van der Waals surface area contributed by atoms with Gasteiger partial charge in [-0.3, -0.25) is 14.2 Å². The summed E-state index contributed by atoms with van der Waals surface area (Å²) < 4.78 is 1.46. The fourth-order valence-electron chi connectivity index (χ4n) is 6.69. The monoisotopic (exact) mass is 399 g/mol. The standard InChI is InChI=1S/C22H29N3O2S/c1-12-13(2)28-20-19(12)21(27)25(11-23-20)10-18(26)24-14(3)22-7-15-4-16(8-22)6-17(5-15)9-22/h11,14-17H,4-10H2,1-3H3,(H,24,26)/t14-,15?,16?,17?,22?/m1/s1. The van der Waals surface area contributed by atoms with Crippen molar-refractivity contribution in [3.05, 3.63) is 27.1 Å². The number of nitrogens with zero attached hydrogens (tertiary/aromatic N) is 2. The van der Waals surface area contributed by atoms with E-state index in [1.165, 1.54) is 60.8 Å². The minimum atomic E-state index is -0.107. The van der Waals surface area contributed by atoms with E-state index in [9.17, 15) is 9.59 Å². The van der Waals surface area contributed by atoms with Crippen molar-refractivity contribution in [2.75, 3.05) is 0 Å². The van der Waals surface area contributed by atoms with Crippen LogP contribution in [0.3, 0.4) is 0 Å². The number of nitrogens with one attached hydrogen (secondary N) is 1. The molecule has 150 valence electrons. The first-order valence-corrected chi connectivity index (χ1v) is 11.4. The molecule has 4 aliphatic carbocycles. The van der Waals surface area contributed by atoms with Crippen LogP contribution in [0.5, 0.6) is 0 Å². The van der Waals surface area contributed by atoms with Gasteiger partial charge in [0.2, 0.25) is 5.91 Å². The van der Waals surface area contributed by atoms with Crippen LogP contribution in [0, 0.1) is 37.0 Å². The molecule has 0 aliphatic heterocycles. The largest absolute Gasteiger partial charge is 0.352 e. The number of rotatable bonds is 4. The minimum absolute atomic E-state index is 0.0484. The van der Waals surface area contributed by atoms with Gasteiger partial charge in [-0.25, -0.2) is 4.98 Å². The predicted octanol–water partition coefficient (Wildman–Crippen LogP) is 3.80. The van der Waals surface area contributed by atoms with E-state index in [2.05, 4.69) is 17.2 Å². The SMILES string of the molecule is Cc1sc2ncn(CC(=O)N[C@H](C)C34CC5CC(CC(C5)C3)C4)c(=O)c2c1C. The smallest absolute Gasteiger partial charge is 0.262 e. The van der Waals surface area contributed by atoms with Crippen molar-refractivity contribution in [1.82, 2.24) is 14.9 Å². The van der Waals surface area contributed by atoms with Gasteiger partial charge in [-0.15, -0.1) is 11.3 Å². The number of aromatic nitrogens is 2. The molecule has 0 radical (unpaired) electrons. The normalized spacial score (nSPS) is 32.0. The van der Waals surface area contributed by atoms with Crippen molar-refractivity contribution >= 4 is 27.5 Å². The molecule has 4 bridgehead atoms. The predicted molar refractivity (Wildman–Crippen MR) is 112 cm³/mol. The summed E-state index contributed by atoms with van der Waals surface area (Å²) in [5.74, 6) is 2.52. The number of aryl methyl sites for hydroxylation is 2. The summed E-state index contributed by atoms with van der Waals surface area (Å²) in [5, 5.41) is 3.92. The molecule has 1 N–H and O–H groups in total. The van der Waals surface area contributed by atoms with E-state index in [0.29, 0.717) is 5.39 Å². The molecule has 28 heavy (non-hydrogen) atoms. The number of carbonyl (C=O) groups excluding carboxylic acids is 1. The first-order chi connectivity index (χ1) is 13.3. The van der Waals surface area contributed by atoms with Gasteiger partial charge >= 0.3 is 0 Å². The molecule has 1 atom stereocenters. The van der Waals surface area contributed by atoms with Crippen molar-refractivity contribution in [2.24, 2.45) is 23.2 Å². The topological polar surface area (TPSA) is 64.0 Å². The van der Waals surface area contributed by atoms with Gasteiger partial charge in [0.15, 0.2) is 0 Å². The van der Waals surface area contributed by atoms with Gasteiger partial charge in [-0.2, -0.15) is 0 Å². The van der Waals surface area contributed by atoms with Crippen molar-refractivity contribution in [3.8, 4) is 0 Å². The minimum Gasteiger partial charge on any atom is -0.352 e. The second-order valence-corrected chi connectivity index (χ2v) is 10.9. The third-order valence-corrected chi connectivity index (χ3v) is 8.97. The van der Waals surface area contributed by atoms with Crippen LogP contribution in [0.2, 0.25) is 0 Å². The lowest BCUT2D eigenvalue weighted by Crippen LogP contribution is -2.56. The van der Waals surface area contributed by atoms with Gasteiger partial charge in [0.25, 0.3) is 5.56 Å². The van der Waals surface area contributed by atoms with Crippen LogP contribution in [-0.4, -0.2) is 21.5 Å². The summed E-state index contributed by atoms with van der Waals surface area (Å²) in [5.41, 5.74) is 1.15. The van der Waals surface area contributed by atoms with Crippen molar-refractivity contribution in [1.29, 1.82) is 0 Å². The number of hydrogen-bond acceptors (Lipinski definition) is 4. The second-order valence-electron chi connectivity index (χ2n) is 9.71. The van der Waals surface area contributed by atoms with Crippen molar-refractivity contribution in [2.45, 2.75) is 71.9 Å². The Morgan fingerprint density at radius 1 is 1.25 bits per heavy atom. The highest BCUT2D eigenvalue weighted by Gasteiger charge is 2.53. The second kappa shape index (κ2) is 6.41. The van der Waals surface area contributed by atoms with Crippen LogP contribution < -0.4 is 10.9 Å². The average molecular weight is 400 g/mol. The van der Waals surface area contributed by atoms with Crippen LogP contribution in [-0.2, 0) is 11.3 Å². The third-order valence-electron chi connectivity index (χ3n) is 7.85. The Balaban J connectivity index is 1.33. The third kappa shape index (κ3) is 2.83. The molecule has 5 nitrogen and oxygen atoms in total. The molecule has 4 saturated carbocycles. The highest BCUT2D eigenvalue weighted by molar-refractivity contribution is 7.18. The number of carbonyl (C=O) groups is 1. The number of hydrogen-bond donors (Lipinski definition) is 1. The average Bonchev–Trinajstić information content (AvgIpc) is 2.91. The lowest BCUT2D eigenvalue weighted by molar-refractivity contribution is -0.126. The first-order valence-electron chi connectivity index (χ1n) is 10.6. The quantitative estimate of drug-likeness (QED) is 0.851. The van der Waals surface area contributed by atoms with E-state index in [1.54, 1.807) is 0 Å². The molecule has 0 spiro atoms. The fourth-order valence-corrected chi connectivity index (χ4v) is 7.67. The molecular weight excluding hydrogens is 370 g/mol. The molecule has 1 amide bonds. The molecule has 4 aliphatic rings. The van der Waals surface area contributed by atoms with Crippen molar-refractivity contribution < 1.29 is 4.79 Å². The Kier molecular flexibility index (Phi) is 4.20. The Morgan fingerprint density at radius 2 is 1.86 bits per heavy atom. The summed E-state index contributed by atoms with van der Waals surface area (Å²) in [7, 11) is 0. The van der Waals surface area contributed by atoms with E-state index >= 15 is 0 Å². The van der Waals surface area contributed by atoms with E-state index in [0.717, 1.165) is 33.0 Å². The van der Waals surface area contributed by atoms with Gasteiger partial charge in [-0.05, 0) is 88.0 Å². The maximum atomic E-state index is 12.9. The van der Waals surface area contributed by atoms with Gasteiger partial charge in [0, 0.05) is 10.9 Å². The van der Waals surface area contributed by atoms with Crippen molar-refractivity contribution in [3.63, 3.8) is 0 Å². The lowest BCUT2D eigenvalue weighted by atomic mass is 9.48. The van der Waals surface area contributed by atoms with Crippen LogP contribution in [0.15, 0.2) is 11.1 Å². The van der Waals surface area contributed by atoms with Crippen LogP contribution in [0.25, 0.3) is 10.2 Å². The van der Waals surface area contributed by atoms with Gasteiger partial charge < -0.3 is 5.32 Å². The molecule has 2 aromatic heterocycles. The van der Waals surface area contributed by atoms with Gasteiger partial charge in [0.1, 0.15) is 11.4 Å². The number of fused-ring (bicyclic) bond motifs is 1. The number of thiophene rings is 1. The molecular formula is C22H29N3O2S. The van der Waals surface area contributed by atoms with E-state index in [1.807, 2.05) is 13.8 Å².